The first-order chi connectivity index (χ1) is 8.79. The molecule has 0 aliphatic carbocycles. The van der Waals surface area contributed by atoms with E-state index in [2.05, 4.69) is 30.6 Å². The molecular weight excluding hydrogens is 232 g/mol. The van der Waals surface area contributed by atoms with Gasteiger partial charge in [0.05, 0.1) is 18.6 Å². The minimum atomic E-state index is -0.372. The fourth-order valence-corrected chi connectivity index (χ4v) is 1.29. The van der Waals surface area contributed by atoms with Gasteiger partial charge >= 0.3 is 0 Å². The van der Waals surface area contributed by atoms with Crippen LogP contribution in [0, 0.1) is 0 Å². The molecule has 0 unspecified atom stereocenters. The van der Waals surface area contributed by atoms with Gasteiger partial charge in [-0.25, -0.2) is 9.97 Å². The third kappa shape index (κ3) is 2.97. The summed E-state index contributed by atoms with van der Waals surface area (Å²) in [4.78, 5) is 27.7. The molecule has 2 rings (SSSR count). The second-order valence-corrected chi connectivity index (χ2v) is 3.36. The standard InChI is InChI=1S/C11H12N6O/c1-2-14-9-7-13-5-8(16-9)11(18)17-10-6-12-3-4-15-10/h3-7H,2H2,1H3,(H,14,16)(H,15,17,18). The van der Waals surface area contributed by atoms with Crippen LogP contribution in [0.1, 0.15) is 17.4 Å². The van der Waals surface area contributed by atoms with Crippen LogP contribution in [0.15, 0.2) is 31.0 Å². The lowest BCUT2D eigenvalue weighted by molar-refractivity contribution is 0.102. The van der Waals surface area contributed by atoms with Gasteiger partial charge in [-0.3, -0.25) is 14.8 Å². The lowest BCUT2D eigenvalue weighted by atomic mass is 10.4. The first-order valence-electron chi connectivity index (χ1n) is 5.43. The lowest BCUT2D eigenvalue weighted by Crippen LogP contribution is -2.16. The largest absolute Gasteiger partial charge is 0.369 e. The average Bonchev–Trinajstić information content (AvgIpc) is 2.40. The third-order valence-corrected chi connectivity index (χ3v) is 2.03. The van der Waals surface area contributed by atoms with Crippen LogP contribution in [0.5, 0.6) is 0 Å². The zero-order chi connectivity index (χ0) is 12.8. The van der Waals surface area contributed by atoms with Gasteiger partial charge in [-0.15, -0.1) is 0 Å². The maximum atomic E-state index is 11.9. The van der Waals surface area contributed by atoms with Crippen molar-refractivity contribution in [1.82, 2.24) is 19.9 Å². The second kappa shape index (κ2) is 5.67. The molecule has 2 N–H and O–H groups in total. The Hall–Kier alpha value is -2.57. The molecule has 0 aliphatic rings. The van der Waals surface area contributed by atoms with Gasteiger partial charge < -0.3 is 10.6 Å². The lowest BCUT2D eigenvalue weighted by Gasteiger charge is -2.05. The van der Waals surface area contributed by atoms with Crippen molar-refractivity contribution in [1.29, 1.82) is 0 Å². The Morgan fingerprint density at radius 2 is 2.00 bits per heavy atom. The van der Waals surface area contributed by atoms with E-state index >= 15 is 0 Å². The van der Waals surface area contributed by atoms with Crippen molar-refractivity contribution in [3.63, 3.8) is 0 Å². The molecule has 0 saturated heterocycles. The summed E-state index contributed by atoms with van der Waals surface area (Å²) in [5.74, 6) is 0.560. The fourth-order valence-electron chi connectivity index (χ4n) is 1.29. The van der Waals surface area contributed by atoms with Gasteiger partial charge in [0, 0.05) is 18.9 Å². The van der Waals surface area contributed by atoms with Gasteiger partial charge in [0.2, 0.25) is 0 Å². The molecule has 0 saturated carbocycles. The number of hydrogen-bond acceptors (Lipinski definition) is 6. The van der Waals surface area contributed by atoms with E-state index in [0.717, 1.165) is 0 Å². The number of nitrogens with zero attached hydrogens (tertiary/aromatic N) is 4. The maximum absolute atomic E-state index is 11.9. The van der Waals surface area contributed by atoms with Crippen LogP contribution >= 0.6 is 0 Å². The van der Waals surface area contributed by atoms with Crippen molar-refractivity contribution < 1.29 is 4.79 Å². The van der Waals surface area contributed by atoms with Crippen molar-refractivity contribution in [2.45, 2.75) is 6.92 Å². The summed E-state index contributed by atoms with van der Waals surface area (Å²) in [7, 11) is 0. The van der Waals surface area contributed by atoms with E-state index in [-0.39, 0.29) is 11.6 Å². The number of rotatable bonds is 4. The summed E-state index contributed by atoms with van der Waals surface area (Å²) in [6.07, 6.45) is 7.44. The molecule has 0 bridgehead atoms. The molecule has 0 atom stereocenters. The first kappa shape index (κ1) is 11.9. The van der Waals surface area contributed by atoms with Gasteiger partial charge in [-0.1, -0.05) is 0 Å². The molecule has 2 heterocycles. The highest BCUT2D eigenvalue weighted by Crippen LogP contribution is 2.05. The molecule has 0 fully saturated rings. The molecule has 0 aromatic carbocycles. The number of carbonyl (C=O) groups is 1. The zero-order valence-corrected chi connectivity index (χ0v) is 9.79. The van der Waals surface area contributed by atoms with Gasteiger partial charge in [0.25, 0.3) is 5.91 Å². The third-order valence-electron chi connectivity index (χ3n) is 2.03. The average molecular weight is 244 g/mol. The fraction of sp³-hybridized carbons (Fsp3) is 0.182. The highest BCUT2D eigenvalue weighted by atomic mass is 16.1. The van der Waals surface area contributed by atoms with E-state index in [4.69, 9.17) is 0 Å². The predicted octanol–water partition coefficient (Wildman–Crippen LogP) is 0.951. The smallest absolute Gasteiger partial charge is 0.277 e. The van der Waals surface area contributed by atoms with Crippen LogP contribution in [0.25, 0.3) is 0 Å². The van der Waals surface area contributed by atoms with Crippen molar-refractivity contribution >= 4 is 17.5 Å². The minimum Gasteiger partial charge on any atom is -0.369 e. The molecule has 0 aliphatic heterocycles. The van der Waals surface area contributed by atoms with Crippen molar-refractivity contribution in [2.75, 3.05) is 17.2 Å². The molecule has 0 radical (unpaired) electrons. The molecule has 0 spiro atoms. The van der Waals surface area contributed by atoms with E-state index in [1.807, 2.05) is 6.92 Å². The quantitative estimate of drug-likeness (QED) is 0.831. The van der Waals surface area contributed by atoms with E-state index in [1.165, 1.54) is 24.8 Å². The highest BCUT2D eigenvalue weighted by Gasteiger charge is 2.09. The van der Waals surface area contributed by atoms with Gasteiger partial charge in [-0.05, 0) is 6.92 Å². The molecule has 1 amide bonds. The minimum absolute atomic E-state index is 0.221. The van der Waals surface area contributed by atoms with Crippen LogP contribution in [0.4, 0.5) is 11.6 Å². The molecule has 92 valence electrons. The number of aromatic nitrogens is 4. The van der Waals surface area contributed by atoms with Gasteiger partial charge in [0.15, 0.2) is 5.82 Å². The Balaban J connectivity index is 2.11. The van der Waals surface area contributed by atoms with E-state index in [1.54, 1.807) is 6.20 Å². The predicted molar refractivity (Wildman–Crippen MR) is 66.2 cm³/mol. The second-order valence-electron chi connectivity index (χ2n) is 3.36. The number of hydrogen-bond donors (Lipinski definition) is 2. The Morgan fingerprint density at radius 3 is 2.72 bits per heavy atom. The Labute approximate surface area is 104 Å². The van der Waals surface area contributed by atoms with Crippen LogP contribution in [-0.4, -0.2) is 32.4 Å². The number of nitrogens with one attached hydrogen (secondary N) is 2. The van der Waals surface area contributed by atoms with Crippen LogP contribution < -0.4 is 10.6 Å². The monoisotopic (exact) mass is 244 g/mol. The van der Waals surface area contributed by atoms with E-state index < -0.39 is 0 Å². The Morgan fingerprint density at radius 1 is 1.17 bits per heavy atom. The zero-order valence-electron chi connectivity index (χ0n) is 9.79. The van der Waals surface area contributed by atoms with Crippen molar-refractivity contribution in [3.05, 3.63) is 36.7 Å². The van der Waals surface area contributed by atoms with Crippen molar-refractivity contribution in [2.24, 2.45) is 0 Å². The maximum Gasteiger partial charge on any atom is 0.277 e. The number of anilines is 2. The van der Waals surface area contributed by atoms with Crippen molar-refractivity contribution in [3.8, 4) is 0 Å². The number of carbonyl (C=O) groups excluding carboxylic acids is 1. The van der Waals surface area contributed by atoms with Gasteiger partial charge in [0.1, 0.15) is 11.5 Å². The Bertz CT molecular complexity index is 530. The van der Waals surface area contributed by atoms with E-state index in [9.17, 15) is 4.79 Å². The van der Waals surface area contributed by atoms with Crippen LogP contribution in [0.3, 0.4) is 0 Å². The Kier molecular flexibility index (Phi) is 3.75. The summed E-state index contributed by atoms with van der Waals surface area (Å²) >= 11 is 0. The first-order valence-corrected chi connectivity index (χ1v) is 5.43. The summed E-state index contributed by atoms with van der Waals surface area (Å²) in [6.45, 7) is 2.65. The summed E-state index contributed by atoms with van der Waals surface area (Å²) in [5, 5.41) is 5.57. The highest BCUT2D eigenvalue weighted by molar-refractivity contribution is 6.02. The molecular formula is C11H12N6O. The molecule has 7 heteroatoms. The topological polar surface area (TPSA) is 92.7 Å². The van der Waals surface area contributed by atoms with Crippen LogP contribution in [-0.2, 0) is 0 Å². The molecule has 2 aromatic rings. The molecule has 2 aromatic heterocycles. The van der Waals surface area contributed by atoms with E-state index in [0.29, 0.717) is 18.2 Å². The number of amides is 1. The summed E-state index contributed by atoms with van der Waals surface area (Å²) < 4.78 is 0. The normalized spacial score (nSPS) is 9.83. The van der Waals surface area contributed by atoms with Gasteiger partial charge in [-0.2, -0.15) is 0 Å². The summed E-state index contributed by atoms with van der Waals surface area (Å²) in [6, 6.07) is 0. The molecule has 18 heavy (non-hydrogen) atoms. The summed E-state index contributed by atoms with van der Waals surface area (Å²) in [5.41, 5.74) is 0.221. The van der Waals surface area contributed by atoms with Crippen LogP contribution in [0.2, 0.25) is 0 Å². The SMILES string of the molecule is CCNc1cncc(C(=O)Nc2cnccn2)n1. The molecule has 7 nitrogen and oxygen atoms in total.